The highest BCUT2D eigenvalue weighted by molar-refractivity contribution is 8.18. The molecule has 0 saturated carbocycles. The lowest BCUT2D eigenvalue weighted by Crippen LogP contribution is -2.23. The topological polar surface area (TPSA) is 90.2 Å². The van der Waals surface area contributed by atoms with Crippen molar-refractivity contribution in [3.05, 3.63) is 70.8 Å². The maximum Gasteiger partial charge on any atom is 0.338 e. The van der Waals surface area contributed by atoms with Crippen molar-refractivity contribution in [2.24, 2.45) is 4.99 Å². The summed E-state index contributed by atoms with van der Waals surface area (Å²) in [6, 6.07) is 14.5. The number of hydrogen-bond acceptors (Lipinski definition) is 7. The van der Waals surface area contributed by atoms with Crippen LogP contribution in [-0.4, -0.2) is 52.7 Å². The Bertz CT molecular complexity index is 1370. The van der Waals surface area contributed by atoms with E-state index in [1.807, 2.05) is 30.5 Å². The molecule has 0 radical (unpaired) electrons. The maximum atomic E-state index is 13.0. The van der Waals surface area contributed by atoms with Crippen LogP contribution in [-0.2, 0) is 25.6 Å². The molecule has 0 unspecified atom stereocenters. The fourth-order valence-electron chi connectivity index (χ4n) is 3.61. The molecule has 3 aromatic rings. The number of rotatable bonds is 6. The molecule has 0 spiro atoms. The maximum absolute atomic E-state index is 13.0. The lowest BCUT2D eigenvalue weighted by atomic mass is 10.1. The first-order chi connectivity index (χ1) is 16.8. The quantitative estimate of drug-likeness (QED) is 0.369. The third-order valence-electron chi connectivity index (χ3n) is 5.29. The van der Waals surface area contributed by atoms with Crippen LogP contribution in [0.3, 0.4) is 0 Å². The van der Waals surface area contributed by atoms with Gasteiger partial charge in [-0.05, 0) is 56.0 Å². The molecule has 1 aliphatic rings. The largest absolute Gasteiger partial charge is 0.468 e. The number of thioether (sulfide) groups is 1. The number of aromatic nitrogens is 1. The Hall–Kier alpha value is -3.85. The summed E-state index contributed by atoms with van der Waals surface area (Å²) >= 11 is 1.25. The van der Waals surface area contributed by atoms with Crippen molar-refractivity contribution in [2.75, 3.05) is 14.2 Å². The second-order valence-corrected chi connectivity index (χ2v) is 9.19. The first kappa shape index (κ1) is 24.3. The van der Waals surface area contributed by atoms with Crippen LogP contribution in [0.25, 0.3) is 17.0 Å². The Labute approximate surface area is 207 Å². The number of amides is 1. The molecule has 2 aromatic carbocycles. The zero-order valence-electron chi connectivity index (χ0n) is 19.8. The molecule has 0 aliphatic carbocycles. The van der Waals surface area contributed by atoms with E-state index >= 15 is 0 Å². The van der Waals surface area contributed by atoms with Gasteiger partial charge in [0.1, 0.15) is 6.54 Å². The van der Waals surface area contributed by atoms with Gasteiger partial charge in [-0.25, -0.2) is 9.79 Å². The molecule has 1 saturated heterocycles. The molecule has 1 aliphatic heterocycles. The van der Waals surface area contributed by atoms with Crippen LogP contribution in [0.1, 0.15) is 29.8 Å². The SMILES string of the molecule is COC(=O)Cn1cc(/C=C2/SC(=Nc3cccc(C(=O)OC(C)C)c3)N(C)C2=O)c2ccccc21. The summed E-state index contributed by atoms with van der Waals surface area (Å²) in [7, 11) is 3.01. The van der Waals surface area contributed by atoms with Gasteiger partial charge in [-0.3, -0.25) is 14.5 Å². The highest BCUT2D eigenvalue weighted by atomic mass is 32.2. The van der Waals surface area contributed by atoms with Gasteiger partial charge in [-0.1, -0.05) is 24.3 Å². The summed E-state index contributed by atoms with van der Waals surface area (Å²) in [6.45, 7) is 3.65. The number of aliphatic imine (C=N–C) groups is 1. The van der Waals surface area contributed by atoms with Gasteiger partial charge in [0, 0.05) is 29.7 Å². The molecule has 1 fully saturated rings. The van der Waals surface area contributed by atoms with Crippen LogP contribution in [0.15, 0.2) is 64.6 Å². The number of fused-ring (bicyclic) bond motifs is 1. The molecule has 35 heavy (non-hydrogen) atoms. The Morgan fingerprint density at radius 3 is 2.66 bits per heavy atom. The summed E-state index contributed by atoms with van der Waals surface area (Å²) in [5.74, 6) is -0.965. The molecular formula is C26H25N3O5S. The normalized spacial score (nSPS) is 16.0. The predicted octanol–water partition coefficient (Wildman–Crippen LogP) is 4.61. The van der Waals surface area contributed by atoms with Gasteiger partial charge in [-0.2, -0.15) is 0 Å². The van der Waals surface area contributed by atoms with Crippen LogP contribution in [0.4, 0.5) is 5.69 Å². The van der Waals surface area contributed by atoms with E-state index in [1.165, 1.54) is 23.8 Å². The van der Waals surface area contributed by atoms with E-state index in [2.05, 4.69) is 4.99 Å². The van der Waals surface area contributed by atoms with Gasteiger partial charge >= 0.3 is 11.9 Å². The van der Waals surface area contributed by atoms with Crippen LogP contribution in [0.5, 0.6) is 0 Å². The van der Waals surface area contributed by atoms with Crippen LogP contribution >= 0.6 is 11.8 Å². The number of ether oxygens (including phenoxy) is 2. The molecule has 0 N–H and O–H groups in total. The molecule has 180 valence electrons. The smallest absolute Gasteiger partial charge is 0.338 e. The van der Waals surface area contributed by atoms with Gasteiger partial charge in [0.2, 0.25) is 0 Å². The summed E-state index contributed by atoms with van der Waals surface area (Å²) in [5, 5.41) is 1.41. The molecular weight excluding hydrogens is 466 g/mol. The van der Waals surface area contributed by atoms with Crippen molar-refractivity contribution < 1.29 is 23.9 Å². The van der Waals surface area contributed by atoms with Gasteiger partial charge in [-0.15, -0.1) is 0 Å². The fourth-order valence-corrected chi connectivity index (χ4v) is 4.59. The lowest BCUT2D eigenvalue weighted by molar-refractivity contribution is -0.141. The van der Waals surface area contributed by atoms with Crippen molar-refractivity contribution in [1.29, 1.82) is 0 Å². The van der Waals surface area contributed by atoms with E-state index in [1.54, 1.807) is 55.8 Å². The average molecular weight is 492 g/mol. The van der Waals surface area contributed by atoms with E-state index in [9.17, 15) is 14.4 Å². The third-order valence-corrected chi connectivity index (χ3v) is 6.35. The highest BCUT2D eigenvalue weighted by Crippen LogP contribution is 2.35. The van der Waals surface area contributed by atoms with Crippen LogP contribution in [0.2, 0.25) is 0 Å². The summed E-state index contributed by atoms with van der Waals surface area (Å²) in [5.41, 5.74) is 2.62. The molecule has 1 aromatic heterocycles. The molecule has 1 amide bonds. The Morgan fingerprint density at radius 1 is 1.14 bits per heavy atom. The summed E-state index contributed by atoms with van der Waals surface area (Å²) < 4.78 is 11.9. The number of amidine groups is 1. The molecule has 0 bridgehead atoms. The average Bonchev–Trinajstić information content (AvgIpc) is 3.31. The number of carbonyl (C=O) groups is 3. The summed E-state index contributed by atoms with van der Waals surface area (Å²) in [6.07, 6.45) is 3.41. The predicted molar refractivity (Wildman–Crippen MR) is 136 cm³/mol. The Kier molecular flexibility index (Phi) is 7.07. The van der Waals surface area contributed by atoms with Gasteiger partial charge < -0.3 is 14.0 Å². The Morgan fingerprint density at radius 2 is 1.91 bits per heavy atom. The number of benzene rings is 2. The zero-order chi connectivity index (χ0) is 25.1. The van der Waals surface area contributed by atoms with Crippen LogP contribution < -0.4 is 0 Å². The van der Waals surface area contributed by atoms with E-state index < -0.39 is 5.97 Å². The second kappa shape index (κ2) is 10.2. The minimum atomic E-state index is -0.422. The van der Waals surface area contributed by atoms with Crippen molar-refractivity contribution >= 4 is 57.4 Å². The van der Waals surface area contributed by atoms with Crippen molar-refractivity contribution in [2.45, 2.75) is 26.5 Å². The van der Waals surface area contributed by atoms with Gasteiger partial charge in [0.25, 0.3) is 5.91 Å². The zero-order valence-corrected chi connectivity index (χ0v) is 20.7. The lowest BCUT2D eigenvalue weighted by Gasteiger charge is -2.09. The number of methoxy groups -OCH3 is 1. The minimum absolute atomic E-state index is 0.0729. The van der Waals surface area contributed by atoms with Crippen LogP contribution in [0, 0.1) is 0 Å². The molecule has 4 rings (SSSR count). The minimum Gasteiger partial charge on any atom is -0.468 e. The number of carbonyl (C=O) groups excluding carboxylic acids is 3. The molecule has 0 atom stereocenters. The monoisotopic (exact) mass is 491 g/mol. The molecule has 2 heterocycles. The van der Waals surface area contributed by atoms with Gasteiger partial charge in [0.15, 0.2) is 5.17 Å². The molecule has 8 nitrogen and oxygen atoms in total. The number of likely N-dealkylation sites (N-methyl/N-ethyl adjacent to an activating group) is 1. The highest BCUT2D eigenvalue weighted by Gasteiger charge is 2.31. The summed E-state index contributed by atoms with van der Waals surface area (Å²) in [4.78, 5) is 43.6. The number of para-hydroxylation sites is 1. The molecule has 9 heteroatoms. The standard InChI is InChI=1S/C26H25N3O5S/c1-16(2)34-25(32)17-8-7-9-19(12-17)27-26-28(3)24(31)22(35-26)13-18-14-29(15-23(30)33-4)21-11-6-5-10-20(18)21/h5-14,16H,15H2,1-4H3/b22-13+,27-26?. The van der Waals surface area contributed by atoms with E-state index in [4.69, 9.17) is 9.47 Å². The second-order valence-electron chi connectivity index (χ2n) is 8.18. The number of esters is 2. The Balaban J connectivity index is 1.64. The van der Waals surface area contributed by atoms with E-state index in [-0.39, 0.29) is 24.5 Å². The van der Waals surface area contributed by atoms with E-state index in [0.717, 1.165) is 16.5 Å². The first-order valence-corrected chi connectivity index (χ1v) is 11.8. The first-order valence-electron chi connectivity index (χ1n) is 11.0. The van der Waals surface area contributed by atoms with Crippen molar-refractivity contribution in [3.8, 4) is 0 Å². The van der Waals surface area contributed by atoms with Crippen molar-refractivity contribution in [1.82, 2.24) is 9.47 Å². The van der Waals surface area contributed by atoms with Gasteiger partial charge in [0.05, 0.1) is 29.4 Å². The fraction of sp³-hybridized carbons (Fsp3) is 0.231. The third kappa shape index (κ3) is 5.30. The number of nitrogens with zero attached hydrogens (tertiary/aromatic N) is 3. The van der Waals surface area contributed by atoms with E-state index in [0.29, 0.717) is 21.3 Å². The number of hydrogen-bond donors (Lipinski definition) is 0. The van der Waals surface area contributed by atoms with Crippen molar-refractivity contribution in [3.63, 3.8) is 0 Å².